The quantitative estimate of drug-likeness (QED) is 0.253. The molecule has 0 aliphatic carbocycles. The van der Waals surface area contributed by atoms with Crippen molar-refractivity contribution in [1.82, 2.24) is 0 Å². The summed E-state index contributed by atoms with van der Waals surface area (Å²) in [7, 11) is 0. The Labute approximate surface area is 220 Å². The molecule has 2 N–H and O–H groups in total. The van der Waals surface area contributed by atoms with Crippen LogP contribution in [0.3, 0.4) is 0 Å². The van der Waals surface area contributed by atoms with E-state index in [4.69, 9.17) is 9.47 Å². The maximum atomic E-state index is 10.4. The van der Waals surface area contributed by atoms with Crippen LogP contribution in [-0.2, 0) is 18.3 Å². The van der Waals surface area contributed by atoms with E-state index in [-0.39, 0.29) is 18.6 Å². The summed E-state index contributed by atoms with van der Waals surface area (Å²) in [5.74, 6) is 1.53. The van der Waals surface area contributed by atoms with Gasteiger partial charge < -0.3 is 19.7 Å². The summed E-state index contributed by atoms with van der Waals surface area (Å²) in [5.41, 5.74) is 4.38. The van der Waals surface area contributed by atoms with Crippen LogP contribution in [0.25, 0.3) is 0 Å². The van der Waals surface area contributed by atoms with Crippen molar-refractivity contribution in [2.24, 2.45) is 0 Å². The second-order valence-electron chi connectivity index (χ2n) is 9.98. The van der Waals surface area contributed by atoms with E-state index in [1.807, 2.05) is 60.7 Å². The minimum atomic E-state index is -0.569. The number of aliphatic hydroxyl groups is 2. The van der Waals surface area contributed by atoms with Crippen LogP contribution in [0.4, 0.5) is 0 Å². The Morgan fingerprint density at radius 3 is 1.24 bits per heavy atom. The lowest BCUT2D eigenvalue weighted by molar-refractivity contribution is 0.107. The van der Waals surface area contributed by atoms with Crippen molar-refractivity contribution in [3.63, 3.8) is 0 Å². The van der Waals surface area contributed by atoms with E-state index in [2.05, 4.69) is 62.4 Å². The zero-order valence-electron chi connectivity index (χ0n) is 21.6. The van der Waals surface area contributed by atoms with Crippen LogP contribution in [0.5, 0.6) is 11.5 Å². The second-order valence-corrected chi connectivity index (χ2v) is 9.98. The van der Waals surface area contributed by atoms with Crippen LogP contribution in [0.1, 0.15) is 36.1 Å². The number of benzene rings is 4. The van der Waals surface area contributed by atoms with E-state index in [1.54, 1.807) is 0 Å². The van der Waals surface area contributed by atoms with Crippen LogP contribution in [0, 0.1) is 0 Å². The van der Waals surface area contributed by atoms with E-state index in [9.17, 15) is 10.2 Å². The molecule has 0 amide bonds. The van der Waals surface area contributed by atoms with E-state index in [1.165, 1.54) is 11.1 Å². The lowest BCUT2D eigenvalue weighted by Crippen LogP contribution is -2.21. The van der Waals surface area contributed by atoms with Crippen molar-refractivity contribution in [2.75, 3.05) is 13.2 Å². The molecule has 2 atom stereocenters. The molecule has 0 aliphatic rings. The van der Waals surface area contributed by atoms with Gasteiger partial charge >= 0.3 is 0 Å². The first kappa shape index (κ1) is 26.5. The fourth-order valence-electron chi connectivity index (χ4n) is 4.36. The third-order valence-electron chi connectivity index (χ3n) is 6.67. The number of hydrogen-bond acceptors (Lipinski definition) is 4. The van der Waals surface area contributed by atoms with Crippen molar-refractivity contribution >= 4 is 0 Å². The maximum absolute atomic E-state index is 10.4. The molecule has 0 aromatic heterocycles. The predicted molar refractivity (Wildman–Crippen MR) is 148 cm³/mol. The summed E-state index contributed by atoms with van der Waals surface area (Å²) < 4.78 is 11.3. The van der Waals surface area contributed by atoms with E-state index in [0.717, 1.165) is 22.6 Å². The first-order valence-electron chi connectivity index (χ1n) is 12.8. The van der Waals surface area contributed by atoms with Crippen molar-refractivity contribution in [1.29, 1.82) is 0 Å². The summed E-state index contributed by atoms with van der Waals surface area (Å²) in [5, 5.41) is 20.8. The summed E-state index contributed by atoms with van der Waals surface area (Å²) in [6, 6.07) is 36.0. The minimum absolute atomic E-state index is 0.179. The molecule has 0 heterocycles. The first-order chi connectivity index (χ1) is 17.9. The SMILES string of the molecule is CC(C)(c1ccc(CC(O)COc2ccccc2)cc1)c1ccc(CC(O)COc2ccccc2)cc1. The highest BCUT2D eigenvalue weighted by Crippen LogP contribution is 2.32. The fraction of sp³-hybridized carbons (Fsp3) is 0.273. The van der Waals surface area contributed by atoms with Gasteiger partial charge in [0.2, 0.25) is 0 Å². The Bertz CT molecular complexity index is 1110. The molecule has 4 aromatic rings. The van der Waals surface area contributed by atoms with Gasteiger partial charge in [0.1, 0.15) is 24.7 Å². The maximum Gasteiger partial charge on any atom is 0.119 e. The summed E-state index contributed by atoms with van der Waals surface area (Å²) in [4.78, 5) is 0. The third kappa shape index (κ3) is 7.69. The predicted octanol–water partition coefficient (Wildman–Crippen LogP) is 5.98. The van der Waals surface area contributed by atoms with Gasteiger partial charge in [0.05, 0.1) is 12.2 Å². The van der Waals surface area contributed by atoms with Gasteiger partial charge in [-0.25, -0.2) is 0 Å². The molecule has 4 nitrogen and oxygen atoms in total. The molecular formula is C33H36O4. The topological polar surface area (TPSA) is 58.9 Å². The summed E-state index contributed by atoms with van der Waals surface area (Å²) in [6.45, 7) is 4.94. The Hall–Kier alpha value is -3.60. The molecule has 0 radical (unpaired) electrons. The monoisotopic (exact) mass is 496 g/mol. The standard InChI is InChI=1S/C33H36O4/c1-33(2,27-17-13-25(14-18-27)21-29(34)23-36-31-9-5-3-6-10-31)28-19-15-26(16-20-28)22-30(35)24-37-32-11-7-4-8-12-32/h3-20,29-30,34-35H,21-24H2,1-2H3. The average Bonchev–Trinajstić information content (AvgIpc) is 2.92. The fourth-order valence-corrected chi connectivity index (χ4v) is 4.36. The lowest BCUT2D eigenvalue weighted by atomic mass is 9.77. The molecule has 0 aliphatic heterocycles. The molecule has 4 rings (SSSR count). The largest absolute Gasteiger partial charge is 0.491 e. The number of aliphatic hydroxyl groups excluding tert-OH is 2. The van der Waals surface area contributed by atoms with Gasteiger partial charge in [0.25, 0.3) is 0 Å². The van der Waals surface area contributed by atoms with Crippen molar-refractivity contribution in [3.05, 3.63) is 131 Å². The smallest absolute Gasteiger partial charge is 0.119 e. The van der Waals surface area contributed by atoms with E-state index in [0.29, 0.717) is 12.8 Å². The number of ether oxygens (including phenoxy) is 2. The van der Waals surface area contributed by atoms with Crippen LogP contribution >= 0.6 is 0 Å². The van der Waals surface area contributed by atoms with E-state index >= 15 is 0 Å². The Morgan fingerprint density at radius 1 is 0.541 bits per heavy atom. The molecule has 4 heteroatoms. The molecule has 0 fully saturated rings. The van der Waals surface area contributed by atoms with Crippen molar-refractivity contribution in [2.45, 2.75) is 44.3 Å². The Balaban J connectivity index is 1.30. The summed E-state index contributed by atoms with van der Waals surface area (Å²) in [6.07, 6.45) is -0.0583. The average molecular weight is 497 g/mol. The van der Waals surface area contributed by atoms with Gasteiger partial charge in [-0.3, -0.25) is 0 Å². The molecule has 0 bridgehead atoms. The van der Waals surface area contributed by atoms with Crippen LogP contribution < -0.4 is 9.47 Å². The number of rotatable bonds is 12. The molecular weight excluding hydrogens is 460 g/mol. The Kier molecular flexibility index (Phi) is 8.99. The van der Waals surface area contributed by atoms with Crippen LogP contribution in [-0.4, -0.2) is 35.6 Å². The first-order valence-corrected chi connectivity index (χ1v) is 12.8. The molecule has 4 aromatic carbocycles. The third-order valence-corrected chi connectivity index (χ3v) is 6.67. The minimum Gasteiger partial charge on any atom is -0.491 e. The summed E-state index contributed by atoms with van der Waals surface area (Å²) >= 11 is 0. The van der Waals surface area contributed by atoms with Crippen molar-refractivity contribution < 1.29 is 19.7 Å². The highest BCUT2D eigenvalue weighted by atomic mass is 16.5. The normalized spacial score (nSPS) is 13.1. The van der Waals surface area contributed by atoms with Crippen LogP contribution in [0.2, 0.25) is 0 Å². The van der Waals surface area contributed by atoms with Gasteiger partial charge in [-0.1, -0.05) is 98.8 Å². The van der Waals surface area contributed by atoms with Gasteiger partial charge in [-0.15, -0.1) is 0 Å². The molecule has 0 spiro atoms. The molecule has 0 saturated carbocycles. The highest BCUT2D eigenvalue weighted by molar-refractivity contribution is 5.40. The zero-order chi connectivity index (χ0) is 26.1. The zero-order valence-corrected chi connectivity index (χ0v) is 21.6. The second kappa shape index (κ2) is 12.6. The van der Waals surface area contributed by atoms with Crippen LogP contribution in [0.15, 0.2) is 109 Å². The highest BCUT2D eigenvalue weighted by Gasteiger charge is 2.23. The van der Waals surface area contributed by atoms with E-state index < -0.39 is 12.2 Å². The van der Waals surface area contributed by atoms with Gasteiger partial charge in [0, 0.05) is 18.3 Å². The van der Waals surface area contributed by atoms with Crippen molar-refractivity contribution in [3.8, 4) is 11.5 Å². The van der Waals surface area contributed by atoms with Gasteiger partial charge in [0.15, 0.2) is 0 Å². The molecule has 37 heavy (non-hydrogen) atoms. The van der Waals surface area contributed by atoms with Gasteiger partial charge in [-0.2, -0.15) is 0 Å². The van der Waals surface area contributed by atoms with Gasteiger partial charge in [-0.05, 0) is 46.5 Å². The molecule has 2 unspecified atom stereocenters. The molecule has 192 valence electrons. The number of para-hydroxylation sites is 2. The molecule has 0 saturated heterocycles. The number of hydrogen-bond donors (Lipinski definition) is 2. The Morgan fingerprint density at radius 2 is 0.892 bits per heavy atom. The lowest BCUT2D eigenvalue weighted by Gasteiger charge is -2.27.